The van der Waals surface area contributed by atoms with Crippen LogP contribution < -0.4 is 0 Å². The third-order valence-corrected chi connectivity index (χ3v) is 6.45. The van der Waals surface area contributed by atoms with Crippen LogP contribution in [0, 0.1) is 11.8 Å². The molecule has 2 aliphatic rings. The first-order valence-corrected chi connectivity index (χ1v) is 11.0. The van der Waals surface area contributed by atoms with Gasteiger partial charge < -0.3 is 10.0 Å². The lowest BCUT2D eigenvalue weighted by Crippen LogP contribution is -2.67. The summed E-state index contributed by atoms with van der Waals surface area (Å²) in [5.74, 6) is 6.91. The van der Waals surface area contributed by atoms with Gasteiger partial charge in [0, 0.05) is 48.6 Å². The Morgan fingerprint density at radius 2 is 1.67 bits per heavy atom. The lowest BCUT2D eigenvalue weighted by Gasteiger charge is -2.57. The highest BCUT2D eigenvalue weighted by Crippen LogP contribution is 2.42. The van der Waals surface area contributed by atoms with Gasteiger partial charge in [-0.05, 0) is 49.2 Å². The summed E-state index contributed by atoms with van der Waals surface area (Å²) in [6, 6.07) is 18.8. The SMILES string of the molecule is CCC(=O)N1CCCCN2[C@H](CO)[C@H](c3ccc(C#Cc4ccccc4)cc3)[C@@H]2C1. The molecule has 0 aliphatic carbocycles. The fourth-order valence-corrected chi connectivity index (χ4v) is 4.85. The molecule has 4 heteroatoms. The Balaban J connectivity index is 1.53. The predicted molar refractivity (Wildman–Crippen MR) is 119 cm³/mol. The van der Waals surface area contributed by atoms with Gasteiger partial charge in [-0.3, -0.25) is 9.69 Å². The summed E-state index contributed by atoms with van der Waals surface area (Å²) in [7, 11) is 0. The quantitative estimate of drug-likeness (QED) is 0.802. The molecule has 0 spiro atoms. The molecule has 0 saturated carbocycles. The van der Waals surface area contributed by atoms with Gasteiger partial charge >= 0.3 is 0 Å². The van der Waals surface area contributed by atoms with Crippen molar-refractivity contribution in [2.75, 3.05) is 26.2 Å². The van der Waals surface area contributed by atoms with Crippen molar-refractivity contribution < 1.29 is 9.90 Å². The first-order valence-electron chi connectivity index (χ1n) is 11.0. The Kier molecular flexibility index (Phi) is 6.52. The highest BCUT2D eigenvalue weighted by Gasteiger charge is 2.49. The molecule has 30 heavy (non-hydrogen) atoms. The molecule has 2 saturated heterocycles. The van der Waals surface area contributed by atoms with Gasteiger partial charge in [0.15, 0.2) is 0 Å². The Morgan fingerprint density at radius 3 is 2.33 bits per heavy atom. The maximum absolute atomic E-state index is 12.4. The Labute approximate surface area is 179 Å². The van der Waals surface area contributed by atoms with Gasteiger partial charge in [-0.2, -0.15) is 0 Å². The van der Waals surface area contributed by atoms with E-state index in [9.17, 15) is 9.90 Å². The largest absolute Gasteiger partial charge is 0.395 e. The van der Waals surface area contributed by atoms with Crippen molar-refractivity contribution in [3.63, 3.8) is 0 Å². The molecule has 4 nitrogen and oxygen atoms in total. The molecule has 156 valence electrons. The molecule has 2 heterocycles. The molecule has 0 bridgehead atoms. The van der Waals surface area contributed by atoms with Crippen LogP contribution in [0.3, 0.4) is 0 Å². The summed E-state index contributed by atoms with van der Waals surface area (Å²) >= 11 is 0. The Morgan fingerprint density at radius 1 is 1.00 bits per heavy atom. The van der Waals surface area contributed by atoms with Crippen molar-refractivity contribution in [1.82, 2.24) is 9.80 Å². The maximum Gasteiger partial charge on any atom is 0.222 e. The molecule has 2 aromatic rings. The number of rotatable bonds is 3. The molecule has 0 aromatic heterocycles. The number of aliphatic hydroxyl groups excluding tert-OH is 1. The number of nitrogens with zero attached hydrogens (tertiary/aromatic N) is 2. The van der Waals surface area contributed by atoms with Crippen LogP contribution in [-0.2, 0) is 4.79 Å². The molecule has 4 rings (SSSR count). The van der Waals surface area contributed by atoms with Crippen LogP contribution >= 0.6 is 0 Å². The number of carbonyl (C=O) groups excluding carboxylic acids is 1. The highest BCUT2D eigenvalue weighted by atomic mass is 16.3. The third-order valence-electron chi connectivity index (χ3n) is 6.45. The first-order chi connectivity index (χ1) is 14.7. The highest BCUT2D eigenvalue weighted by molar-refractivity contribution is 5.75. The number of benzene rings is 2. The van der Waals surface area contributed by atoms with Crippen molar-refractivity contribution in [3.8, 4) is 11.8 Å². The predicted octanol–water partition coefficient (Wildman–Crippen LogP) is 3.25. The number of carbonyl (C=O) groups is 1. The zero-order valence-corrected chi connectivity index (χ0v) is 17.6. The normalized spacial score (nSPS) is 23.9. The van der Waals surface area contributed by atoms with Crippen LogP contribution in [0.4, 0.5) is 0 Å². The van der Waals surface area contributed by atoms with E-state index in [0.29, 0.717) is 6.42 Å². The second-order valence-electron chi connectivity index (χ2n) is 8.22. The van der Waals surface area contributed by atoms with E-state index in [4.69, 9.17) is 0 Å². The second-order valence-corrected chi connectivity index (χ2v) is 8.22. The number of hydrogen-bond acceptors (Lipinski definition) is 3. The minimum absolute atomic E-state index is 0.132. The van der Waals surface area contributed by atoms with E-state index in [1.807, 2.05) is 42.2 Å². The van der Waals surface area contributed by atoms with Crippen LogP contribution in [0.15, 0.2) is 54.6 Å². The molecule has 1 amide bonds. The topological polar surface area (TPSA) is 43.8 Å². The standard InChI is InChI=1S/C26H30N2O2/c1-2-25(30)27-16-6-7-17-28-23(18-27)26(24(28)19-29)22-14-12-21(13-15-22)11-10-20-8-4-3-5-9-20/h3-5,8-9,12-15,23-24,26,29H,2,6-7,16-19H2,1H3/t23-,24+,26+/m0/s1. The zero-order valence-electron chi connectivity index (χ0n) is 17.6. The number of fused-ring (bicyclic) bond motifs is 1. The van der Waals surface area contributed by atoms with Gasteiger partial charge in [0.1, 0.15) is 0 Å². The number of aliphatic hydroxyl groups is 1. The average molecular weight is 403 g/mol. The summed E-state index contributed by atoms with van der Waals surface area (Å²) in [6.07, 6.45) is 2.66. The average Bonchev–Trinajstić information content (AvgIpc) is 2.77. The minimum Gasteiger partial charge on any atom is -0.395 e. The lowest BCUT2D eigenvalue weighted by molar-refractivity contribution is -0.136. The van der Waals surface area contributed by atoms with E-state index >= 15 is 0 Å². The minimum atomic E-state index is 0.132. The smallest absolute Gasteiger partial charge is 0.222 e. The molecule has 2 fully saturated rings. The lowest BCUT2D eigenvalue weighted by atomic mass is 9.74. The first kappa shape index (κ1) is 20.7. The molecule has 0 radical (unpaired) electrons. The summed E-state index contributed by atoms with van der Waals surface area (Å²) in [6.45, 7) is 4.69. The fraction of sp³-hybridized carbons (Fsp3) is 0.423. The van der Waals surface area contributed by atoms with E-state index in [2.05, 4.69) is 41.0 Å². The summed E-state index contributed by atoms with van der Waals surface area (Å²) in [5, 5.41) is 10.1. The van der Waals surface area contributed by atoms with Crippen molar-refractivity contribution in [1.29, 1.82) is 0 Å². The fourth-order valence-electron chi connectivity index (χ4n) is 4.85. The van der Waals surface area contributed by atoms with Crippen LogP contribution in [0.25, 0.3) is 0 Å². The Bertz CT molecular complexity index is 914. The molecule has 1 N–H and O–H groups in total. The van der Waals surface area contributed by atoms with Gasteiger partial charge in [0.25, 0.3) is 0 Å². The van der Waals surface area contributed by atoms with Crippen molar-refractivity contribution in [2.24, 2.45) is 0 Å². The van der Waals surface area contributed by atoms with Gasteiger partial charge in [-0.25, -0.2) is 0 Å². The van der Waals surface area contributed by atoms with Gasteiger partial charge in [-0.1, -0.05) is 49.1 Å². The summed E-state index contributed by atoms with van der Waals surface area (Å²) in [4.78, 5) is 16.8. The van der Waals surface area contributed by atoms with Crippen LogP contribution in [-0.4, -0.2) is 59.1 Å². The monoisotopic (exact) mass is 402 g/mol. The molecular formula is C26H30N2O2. The molecular weight excluding hydrogens is 372 g/mol. The van der Waals surface area contributed by atoms with Crippen LogP contribution in [0.2, 0.25) is 0 Å². The maximum atomic E-state index is 12.4. The second kappa shape index (κ2) is 9.47. The summed E-state index contributed by atoms with van der Waals surface area (Å²) < 4.78 is 0. The van der Waals surface area contributed by atoms with Crippen LogP contribution in [0.5, 0.6) is 0 Å². The van der Waals surface area contributed by atoms with Gasteiger partial charge in [0.2, 0.25) is 5.91 Å². The van der Waals surface area contributed by atoms with Crippen LogP contribution in [0.1, 0.15) is 48.8 Å². The zero-order chi connectivity index (χ0) is 20.9. The van der Waals surface area contributed by atoms with Crippen molar-refractivity contribution in [2.45, 2.75) is 44.2 Å². The van der Waals surface area contributed by atoms with Gasteiger partial charge in [-0.15, -0.1) is 0 Å². The Hall–Kier alpha value is -2.61. The summed E-state index contributed by atoms with van der Waals surface area (Å²) in [5.41, 5.74) is 3.22. The molecule has 3 atom stereocenters. The van der Waals surface area contributed by atoms with Crippen molar-refractivity contribution in [3.05, 3.63) is 71.3 Å². The third kappa shape index (κ3) is 4.28. The number of hydrogen-bond donors (Lipinski definition) is 1. The number of amides is 1. The van der Waals surface area contributed by atoms with Gasteiger partial charge in [0.05, 0.1) is 6.61 Å². The van der Waals surface area contributed by atoms with E-state index in [1.54, 1.807) is 0 Å². The molecule has 0 unspecified atom stereocenters. The van der Waals surface area contributed by atoms with E-state index in [0.717, 1.165) is 43.6 Å². The van der Waals surface area contributed by atoms with Crippen molar-refractivity contribution >= 4 is 5.91 Å². The molecule has 2 aromatic carbocycles. The molecule has 2 aliphatic heterocycles. The van der Waals surface area contributed by atoms with E-state index in [1.165, 1.54) is 5.56 Å². The van der Waals surface area contributed by atoms with E-state index in [-0.39, 0.29) is 30.5 Å². The van der Waals surface area contributed by atoms with E-state index < -0.39 is 0 Å².